The van der Waals surface area contributed by atoms with Crippen LogP contribution in [0.2, 0.25) is 0 Å². The fourth-order valence-electron chi connectivity index (χ4n) is 1.70. The molecule has 0 spiro atoms. The van der Waals surface area contributed by atoms with E-state index in [4.69, 9.17) is 0 Å². The number of nitrogens with one attached hydrogen (secondary N) is 2. The van der Waals surface area contributed by atoms with Crippen molar-refractivity contribution >= 4 is 23.2 Å². The zero-order chi connectivity index (χ0) is 17.7. The van der Waals surface area contributed by atoms with Gasteiger partial charge in [0.25, 0.3) is 23.2 Å². The number of hydrazine groups is 1. The molecule has 11 nitrogen and oxygen atoms in total. The second-order valence-corrected chi connectivity index (χ2v) is 4.40. The molecule has 11 heteroatoms. The van der Waals surface area contributed by atoms with Gasteiger partial charge in [-0.1, -0.05) is 0 Å². The van der Waals surface area contributed by atoms with Gasteiger partial charge in [0, 0.05) is 30.1 Å². The van der Waals surface area contributed by atoms with Crippen LogP contribution >= 0.6 is 0 Å². The molecular formula is C13H9N5O6. The Bertz CT molecular complexity index is 791. The number of amides is 2. The normalized spacial score (nSPS) is 9.83. The predicted octanol–water partition coefficient (Wildman–Crippen LogP) is 0.973. The van der Waals surface area contributed by atoms with Crippen LogP contribution < -0.4 is 10.9 Å². The minimum Gasteiger partial charge on any atom is -0.267 e. The van der Waals surface area contributed by atoms with Gasteiger partial charge in [-0.25, -0.2) is 0 Å². The first-order chi connectivity index (χ1) is 11.4. The highest BCUT2D eigenvalue weighted by molar-refractivity contribution is 5.99. The first-order valence-electron chi connectivity index (χ1n) is 6.33. The zero-order valence-corrected chi connectivity index (χ0v) is 11.8. The van der Waals surface area contributed by atoms with Crippen LogP contribution in [0.25, 0.3) is 0 Å². The molecule has 1 aromatic carbocycles. The van der Waals surface area contributed by atoms with Crippen molar-refractivity contribution in [3.05, 3.63) is 74.1 Å². The van der Waals surface area contributed by atoms with E-state index in [0.717, 1.165) is 18.2 Å². The van der Waals surface area contributed by atoms with Crippen LogP contribution in [-0.2, 0) is 0 Å². The first kappa shape index (κ1) is 16.5. The molecule has 0 radical (unpaired) electrons. The van der Waals surface area contributed by atoms with Gasteiger partial charge in [0.1, 0.15) is 0 Å². The van der Waals surface area contributed by atoms with Crippen LogP contribution in [0, 0.1) is 20.2 Å². The molecule has 0 fully saturated rings. The first-order valence-corrected chi connectivity index (χ1v) is 6.33. The standard InChI is InChI=1S/C13H9N5O6/c19-12(8-1-3-14-4-2-8)15-16-13(20)9-5-10(17(21)22)7-11(6-9)18(23)24/h1-7H,(H,15,19)(H,16,20). The summed E-state index contributed by atoms with van der Waals surface area (Å²) in [4.78, 5) is 47.3. The summed E-state index contributed by atoms with van der Waals surface area (Å²) in [5, 5.41) is 21.6. The topological polar surface area (TPSA) is 157 Å². The van der Waals surface area contributed by atoms with Gasteiger partial charge in [-0.3, -0.25) is 45.7 Å². The number of hydrogen-bond donors (Lipinski definition) is 2. The summed E-state index contributed by atoms with van der Waals surface area (Å²) in [6, 6.07) is 5.26. The maximum atomic E-state index is 11.9. The number of nitro groups is 2. The molecular weight excluding hydrogens is 322 g/mol. The highest BCUT2D eigenvalue weighted by Gasteiger charge is 2.20. The lowest BCUT2D eigenvalue weighted by Crippen LogP contribution is -2.41. The molecule has 2 N–H and O–H groups in total. The molecule has 0 aliphatic heterocycles. The van der Waals surface area contributed by atoms with E-state index in [1.807, 2.05) is 5.43 Å². The van der Waals surface area contributed by atoms with Crippen LogP contribution in [0.3, 0.4) is 0 Å². The number of carbonyl (C=O) groups excluding carboxylic acids is 2. The third kappa shape index (κ3) is 3.85. The highest BCUT2D eigenvalue weighted by Crippen LogP contribution is 2.22. The van der Waals surface area contributed by atoms with E-state index in [-0.39, 0.29) is 11.1 Å². The van der Waals surface area contributed by atoms with Crippen LogP contribution in [0.1, 0.15) is 20.7 Å². The molecule has 0 aliphatic rings. The summed E-state index contributed by atoms with van der Waals surface area (Å²) in [6.07, 6.45) is 2.75. The van der Waals surface area contributed by atoms with Crippen molar-refractivity contribution in [3.63, 3.8) is 0 Å². The van der Waals surface area contributed by atoms with E-state index in [0.29, 0.717) is 0 Å². The molecule has 2 aromatic rings. The van der Waals surface area contributed by atoms with E-state index < -0.39 is 33.0 Å². The number of benzene rings is 1. The minimum absolute atomic E-state index is 0.218. The lowest BCUT2D eigenvalue weighted by Gasteiger charge is -2.07. The Hall–Kier alpha value is -3.89. The molecule has 24 heavy (non-hydrogen) atoms. The summed E-state index contributed by atoms with van der Waals surface area (Å²) >= 11 is 0. The fourth-order valence-corrected chi connectivity index (χ4v) is 1.70. The zero-order valence-electron chi connectivity index (χ0n) is 11.8. The number of carbonyl (C=O) groups is 2. The molecule has 0 bridgehead atoms. The van der Waals surface area contributed by atoms with Crippen molar-refractivity contribution < 1.29 is 19.4 Å². The van der Waals surface area contributed by atoms with Crippen LogP contribution in [0.4, 0.5) is 11.4 Å². The second kappa shape index (κ2) is 6.91. The van der Waals surface area contributed by atoms with Gasteiger partial charge >= 0.3 is 0 Å². The van der Waals surface area contributed by atoms with E-state index in [2.05, 4.69) is 10.4 Å². The van der Waals surface area contributed by atoms with Crippen LogP contribution in [-0.4, -0.2) is 26.6 Å². The Balaban J connectivity index is 2.16. The fraction of sp³-hybridized carbons (Fsp3) is 0. The van der Waals surface area contributed by atoms with Crippen molar-refractivity contribution in [2.75, 3.05) is 0 Å². The summed E-state index contributed by atoms with van der Waals surface area (Å²) in [5.74, 6) is -1.59. The number of nitro benzene ring substituents is 2. The number of non-ortho nitro benzene ring substituents is 2. The molecule has 0 aliphatic carbocycles. The highest BCUT2D eigenvalue weighted by atomic mass is 16.6. The quantitative estimate of drug-likeness (QED) is 0.624. The monoisotopic (exact) mass is 331 g/mol. The van der Waals surface area contributed by atoms with E-state index in [1.54, 1.807) is 0 Å². The van der Waals surface area contributed by atoms with Gasteiger partial charge in [-0.05, 0) is 12.1 Å². The van der Waals surface area contributed by atoms with E-state index >= 15 is 0 Å². The lowest BCUT2D eigenvalue weighted by molar-refractivity contribution is -0.394. The van der Waals surface area contributed by atoms with E-state index in [9.17, 15) is 29.8 Å². The van der Waals surface area contributed by atoms with Gasteiger partial charge < -0.3 is 0 Å². The predicted molar refractivity (Wildman–Crippen MR) is 78.9 cm³/mol. The number of rotatable bonds is 4. The lowest BCUT2D eigenvalue weighted by atomic mass is 10.1. The van der Waals surface area contributed by atoms with Gasteiger partial charge in [0.2, 0.25) is 0 Å². The number of pyridine rings is 1. The largest absolute Gasteiger partial charge is 0.277 e. The van der Waals surface area contributed by atoms with Gasteiger partial charge in [-0.15, -0.1) is 0 Å². The van der Waals surface area contributed by atoms with Gasteiger partial charge in [0.05, 0.1) is 21.5 Å². The smallest absolute Gasteiger partial charge is 0.267 e. The molecule has 2 rings (SSSR count). The molecule has 0 saturated carbocycles. The molecule has 0 atom stereocenters. The second-order valence-electron chi connectivity index (χ2n) is 4.40. The van der Waals surface area contributed by atoms with Crippen molar-refractivity contribution in [2.45, 2.75) is 0 Å². The third-order valence-corrected chi connectivity index (χ3v) is 2.82. The van der Waals surface area contributed by atoms with Gasteiger partial charge in [0.15, 0.2) is 0 Å². The average molecular weight is 331 g/mol. The molecule has 0 saturated heterocycles. The van der Waals surface area contributed by atoms with Crippen molar-refractivity contribution in [2.24, 2.45) is 0 Å². The molecule has 1 aromatic heterocycles. The van der Waals surface area contributed by atoms with Crippen LogP contribution in [0.5, 0.6) is 0 Å². The number of hydrogen-bond acceptors (Lipinski definition) is 7. The Morgan fingerprint density at radius 1 is 0.833 bits per heavy atom. The summed E-state index contributed by atoms with van der Waals surface area (Å²) in [7, 11) is 0. The van der Waals surface area contributed by atoms with Crippen LogP contribution in [0.15, 0.2) is 42.7 Å². The third-order valence-electron chi connectivity index (χ3n) is 2.82. The maximum Gasteiger partial charge on any atom is 0.277 e. The Labute approximate surface area is 133 Å². The Morgan fingerprint density at radius 3 is 1.75 bits per heavy atom. The summed E-state index contributed by atoms with van der Waals surface area (Å²) in [6.45, 7) is 0. The molecule has 0 unspecified atom stereocenters. The Kier molecular flexibility index (Phi) is 4.75. The Morgan fingerprint density at radius 2 is 1.29 bits per heavy atom. The molecule has 122 valence electrons. The summed E-state index contributed by atoms with van der Waals surface area (Å²) < 4.78 is 0. The number of aromatic nitrogens is 1. The average Bonchev–Trinajstić information content (AvgIpc) is 2.59. The minimum atomic E-state index is -0.941. The van der Waals surface area contributed by atoms with Crippen molar-refractivity contribution in [1.29, 1.82) is 0 Å². The van der Waals surface area contributed by atoms with Crippen molar-refractivity contribution in [3.8, 4) is 0 Å². The number of nitrogens with zero attached hydrogens (tertiary/aromatic N) is 3. The summed E-state index contributed by atoms with van der Waals surface area (Å²) in [5.41, 5.74) is 2.76. The van der Waals surface area contributed by atoms with Gasteiger partial charge in [-0.2, -0.15) is 0 Å². The van der Waals surface area contributed by atoms with Crippen molar-refractivity contribution in [1.82, 2.24) is 15.8 Å². The SMILES string of the molecule is O=C(NNC(=O)c1cc([N+](=O)[O-])cc([N+](=O)[O-])c1)c1ccncc1. The molecule has 1 heterocycles. The van der Waals surface area contributed by atoms with E-state index in [1.165, 1.54) is 24.5 Å². The molecule has 2 amide bonds. The maximum absolute atomic E-state index is 11.9.